The van der Waals surface area contributed by atoms with Gasteiger partial charge in [-0.2, -0.15) is 0 Å². The standard InChI is InChI=1S/C14H12O4P2/c19-9-3-1-7-13(17-5-15-7)11(9)12-10(20)4-2-8-14(12)18-6-16-8/h1-4H,5-6,19-20H2. The lowest BCUT2D eigenvalue weighted by atomic mass is 10.0. The lowest BCUT2D eigenvalue weighted by Gasteiger charge is -2.14. The maximum Gasteiger partial charge on any atom is 0.231 e. The summed E-state index contributed by atoms with van der Waals surface area (Å²) < 4.78 is 22.2. The largest absolute Gasteiger partial charge is 0.454 e. The Morgan fingerprint density at radius 1 is 0.650 bits per heavy atom. The SMILES string of the molecule is Pc1ccc2c(c1-c1c(P)ccc3c1OCO3)OCO2. The highest BCUT2D eigenvalue weighted by atomic mass is 31.0. The van der Waals surface area contributed by atoms with Crippen molar-refractivity contribution in [3.8, 4) is 34.1 Å². The maximum absolute atomic E-state index is 5.64. The normalized spacial score (nSPS) is 14.7. The molecule has 0 saturated heterocycles. The van der Waals surface area contributed by atoms with Crippen molar-refractivity contribution < 1.29 is 18.9 Å². The first-order chi connectivity index (χ1) is 9.75. The molecule has 2 aliphatic rings. The van der Waals surface area contributed by atoms with Crippen LogP contribution in [0.5, 0.6) is 23.0 Å². The van der Waals surface area contributed by atoms with Crippen LogP contribution in [0.2, 0.25) is 0 Å². The number of hydrogen-bond acceptors (Lipinski definition) is 4. The molecule has 2 aliphatic heterocycles. The van der Waals surface area contributed by atoms with Gasteiger partial charge in [-0.05, 0) is 22.7 Å². The molecule has 0 aromatic heterocycles. The molecule has 2 atom stereocenters. The van der Waals surface area contributed by atoms with Crippen LogP contribution >= 0.6 is 18.5 Å². The van der Waals surface area contributed by atoms with Crippen molar-refractivity contribution in [2.45, 2.75) is 0 Å². The van der Waals surface area contributed by atoms with Gasteiger partial charge in [0.2, 0.25) is 13.6 Å². The molecule has 6 heteroatoms. The van der Waals surface area contributed by atoms with Crippen LogP contribution < -0.4 is 29.6 Å². The molecule has 2 aromatic carbocycles. The van der Waals surface area contributed by atoms with Gasteiger partial charge in [-0.25, -0.2) is 0 Å². The molecule has 0 fully saturated rings. The van der Waals surface area contributed by atoms with E-state index in [0.29, 0.717) is 0 Å². The van der Waals surface area contributed by atoms with Gasteiger partial charge in [0.05, 0.1) is 0 Å². The highest BCUT2D eigenvalue weighted by molar-refractivity contribution is 7.29. The van der Waals surface area contributed by atoms with E-state index in [0.717, 1.165) is 44.7 Å². The average Bonchev–Trinajstić information content (AvgIpc) is 3.08. The van der Waals surface area contributed by atoms with Crippen LogP contribution in [-0.2, 0) is 0 Å². The van der Waals surface area contributed by atoms with E-state index < -0.39 is 0 Å². The minimum Gasteiger partial charge on any atom is -0.454 e. The maximum atomic E-state index is 5.64. The molecule has 0 spiro atoms. The summed E-state index contributed by atoms with van der Waals surface area (Å²) in [7, 11) is 5.47. The van der Waals surface area contributed by atoms with Crippen molar-refractivity contribution in [3.05, 3.63) is 24.3 Å². The summed E-state index contributed by atoms with van der Waals surface area (Å²) in [6.45, 7) is 0.490. The first-order valence-electron chi connectivity index (χ1n) is 6.12. The van der Waals surface area contributed by atoms with E-state index in [4.69, 9.17) is 18.9 Å². The molecule has 0 amide bonds. The quantitative estimate of drug-likeness (QED) is 0.753. The van der Waals surface area contributed by atoms with Crippen LogP contribution in [0.4, 0.5) is 0 Å². The predicted octanol–water partition coefficient (Wildman–Crippen LogP) is 1.81. The molecular weight excluding hydrogens is 294 g/mol. The van der Waals surface area contributed by atoms with Crippen LogP contribution in [0.15, 0.2) is 24.3 Å². The molecule has 20 heavy (non-hydrogen) atoms. The van der Waals surface area contributed by atoms with E-state index in [1.807, 2.05) is 24.3 Å². The van der Waals surface area contributed by atoms with Gasteiger partial charge in [-0.15, -0.1) is 18.5 Å². The number of ether oxygens (including phenoxy) is 4. The highest BCUT2D eigenvalue weighted by Crippen LogP contribution is 2.47. The zero-order chi connectivity index (χ0) is 13.7. The van der Waals surface area contributed by atoms with Crippen molar-refractivity contribution in [1.29, 1.82) is 0 Å². The van der Waals surface area contributed by atoms with Crippen molar-refractivity contribution >= 4 is 29.1 Å². The van der Waals surface area contributed by atoms with Gasteiger partial charge in [-0.3, -0.25) is 0 Å². The van der Waals surface area contributed by atoms with Gasteiger partial charge < -0.3 is 18.9 Å². The molecule has 0 aliphatic carbocycles. The smallest absolute Gasteiger partial charge is 0.231 e. The van der Waals surface area contributed by atoms with Gasteiger partial charge in [0.15, 0.2) is 23.0 Å². The Morgan fingerprint density at radius 3 is 1.55 bits per heavy atom. The Labute approximate surface area is 120 Å². The van der Waals surface area contributed by atoms with Crippen LogP contribution in [0.25, 0.3) is 11.1 Å². The average molecular weight is 306 g/mol. The fraction of sp³-hybridized carbons (Fsp3) is 0.143. The Kier molecular flexibility index (Phi) is 2.76. The van der Waals surface area contributed by atoms with E-state index in [1.54, 1.807) is 0 Å². The van der Waals surface area contributed by atoms with Crippen LogP contribution in [0.1, 0.15) is 0 Å². The molecule has 2 heterocycles. The number of hydrogen-bond donors (Lipinski definition) is 0. The lowest BCUT2D eigenvalue weighted by Crippen LogP contribution is -2.06. The summed E-state index contributed by atoms with van der Waals surface area (Å²) in [5.74, 6) is 3.02. The second-order valence-corrected chi connectivity index (χ2v) is 5.77. The summed E-state index contributed by atoms with van der Waals surface area (Å²) in [4.78, 5) is 0. The van der Waals surface area contributed by atoms with Crippen molar-refractivity contribution in [3.63, 3.8) is 0 Å². The third-order valence-electron chi connectivity index (χ3n) is 3.39. The third-order valence-corrected chi connectivity index (χ3v) is 4.36. The molecule has 0 N–H and O–H groups in total. The predicted molar refractivity (Wildman–Crippen MR) is 82.8 cm³/mol. The Bertz CT molecular complexity index is 653. The van der Waals surface area contributed by atoms with Gasteiger partial charge in [0.1, 0.15) is 0 Å². The van der Waals surface area contributed by atoms with E-state index in [1.165, 1.54) is 0 Å². The van der Waals surface area contributed by atoms with Gasteiger partial charge in [0.25, 0.3) is 0 Å². The summed E-state index contributed by atoms with van der Waals surface area (Å²) in [6, 6.07) is 7.81. The molecule has 0 radical (unpaired) electrons. The molecule has 0 bridgehead atoms. The summed E-state index contributed by atoms with van der Waals surface area (Å²) in [6.07, 6.45) is 0. The highest BCUT2D eigenvalue weighted by Gasteiger charge is 2.28. The van der Waals surface area contributed by atoms with Gasteiger partial charge in [-0.1, -0.05) is 12.1 Å². The number of benzene rings is 2. The monoisotopic (exact) mass is 306 g/mol. The fourth-order valence-corrected chi connectivity index (χ4v) is 3.23. The molecule has 4 rings (SSSR count). The Balaban J connectivity index is 2.04. The topological polar surface area (TPSA) is 36.9 Å². The summed E-state index contributed by atoms with van der Waals surface area (Å²) in [5, 5.41) is 2.06. The Hall–Kier alpha value is -1.50. The second-order valence-electron chi connectivity index (χ2n) is 4.53. The minimum atomic E-state index is 0.245. The molecular formula is C14H12O4P2. The molecule has 0 saturated carbocycles. The van der Waals surface area contributed by atoms with E-state index in [-0.39, 0.29) is 13.6 Å². The zero-order valence-corrected chi connectivity index (χ0v) is 12.8. The van der Waals surface area contributed by atoms with E-state index in [2.05, 4.69) is 18.5 Å². The lowest BCUT2D eigenvalue weighted by molar-refractivity contribution is 0.173. The fourth-order valence-electron chi connectivity index (χ4n) is 2.49. The van der Waals surface area contributed by atoms with Crippen molar-refractivity contribution in [2.75, 3.05) is 13.6 Å². The third kappa shape index (κ3) is 1.69. The van der Waals surface area contributed by atoms with Gasteiger partial charge in [0, 0.05) is 11.1 Å². The first-order valence-corrected chi connectivity index (χ1v) is 7.27. The van der Waals surface area contributed by atoms with Crippen molar-refractivity contribution in [1.82, 2.24) is 0 Å². The second kappa shape index (κ2) is 4.51. The summed E-state index contributed by atoms with van der Waals surface area (Å²) >= 11 is 0. The molecule has 4 nitrogen and oxygen atoms in total. The van der Waals surface area contributed by atoms with Crippen LogP contribution in [0, 0.1) is 0 Å². The van der Waals surface area contributed by atoms with Crippen LogP contribution in [0.3, 0.4) is 0 Å². The van der Waals surface area contributed by atoms with Gasteiger partial charge >= 0.3 is 0 Å². The summed E-state index contributed by atoms with van der Waals surface area (Å²) in [5.41, 5.74) is 1.94. The first kappa shape index (κ1) is 12.3. The zero-order valence-electron chi connectivity index (χ0n) is 10.5. The number of fused-ring (bicyclic) bond motifs is 2. The van der Waals surface area contributed by atoms with Crippen LogP contribution in [-0.4, -0.2) is 13.6 Å². The van der Waals surface area contributed by atoms with Crippen molar-refractivity contribution in [2.24, 2.45) is 0 Å². The molecule has 2 unspecified atom stereocenters. The minimum absolute atomic E-state index is 0.245. The van der Waals surface area contributed by atoms with E-state index in [9.17, 15) is 0 Å². The molecule has 2 aromatic rings. The number of rotatable bonds is 1. The van der Waals surface area contributed by atoms with E-state index >= 15 is 0 Å². The Morgan fingerprint density at radius 2 is 1.10 bits per heavy atom. The molecule has 102 valence electrons.